The molecule has 23 heavy (non-hydrogen) atoms. The quantitative estimate of drug-likeness (QED) is 0.905. The van der Waals surface area contributed by atoms with E-state index in [9.17, 15) is 4.79 Å². The smallest absolute Gasteiger partial charge is 0.410 e. The maximum Gasteiger partial charge on any atom is 0.410 e. The van der Waals surface area contributed by atoms with Gasteiger partial charge >= 0.3 is 6.09 Å². The summed E-state index contributed by atoms with van der Waals surface area (Å²) in [7, 11) is 0. The van der Waals surface area contributed by atoms with E-state index in [0.29, 0.717) is 19.6 Å². The Hall–Kier alpha value is -1.82. The van der Waals surface area contributed by atoms with Crippen LogP contribution in [0.1, 0.15) is 38.3 Å². The number of aryl methyl sites for hydroxylation is 1. The Labute approximate surface area is 138 Å². The molecule has 6 heteroatoms. The van der Waals surface area contributed by atoms with Crippen molar-refractivity contribution in [2.45, 2.75) is 46.3 Å². The normalized spacial score (nSPS) is 16.2. The Morgan fingerprint density at radius 2 is 2.04 bits per heavy atom. The van der Waals surface area contributed by atoms with E-state index in [0.717, 1.165) is 36.5 Å². The highest BCUT2D eigenvalue weighted by Gasteiger charge is 2.25. The Kier molecular flexibility index (Phi) is 5.46. The van der Waals surface area contributed by atoms with E-state index >= 15 is 0 Å². The minimum Gasteiger partial charge on any atom is -0.444 e. The van der Waals surface area contributed by atoms with Gasteiger partial charge in [-0.3, -0.25) is 0 Å². The zero-order chi connectivity index (χ0) is 17.0. The summed E-state index contributed by atoms with van der Waals surface area (Å²) >= 11 is 0. The fraction of sp³-hybridized carbons (Fsp3) is 0.647. The van der Waals surface area contributed by atoms with Crippen molar-refractivity contribution in [2.24, 2.45) is 5.73 Å². The Morgan fingerprint density at radius 3 is 2.70 bits per heavy atom. The molecule has 0 bridgehead atoms. The first-order chi connectivity index (χ1) is 10.8. The number of hydrogen-bond acceptors (Lipinski definition) is 5. The van der Waals surface area contributed by atoms with Crippen molar-refractivity contribution in [2.75, 3.05) is 31.1 Å². The zero-order valence-electron chi connectivity index (χ0n) is 14.6. The summed E-state index contributed by atoms with van der Waals surface area (Å²) in [5.74, 6) is 0.943. The van der Waals surface area contributed by atoms with Crippen LogP contribution in [0.25, 0.3) is 0 Å². The second-order valence-electron chi connectivity index (χ2n) is 6.94. The number of carbonyl (C=O) groups excluding carboxylic acids is 1. The molecular weight excluding hydrogens is 292 g/mol. The van der Waals surface area contributed by atoms with E-state index in [1.807, 2.05) is 33.0 Å². The molecule has 2 heterocycles. The van der Waals surface area contributed by atoms with Gasteiger partial charge in [-0.05, 0) is 45.7 Å². The van der Waals surface area contributed by atoms with Crippen molar-refractivity contribution in [3.05, 3.63) is 23.4 Å². The number of rotatable bonds is 2. The summed E-state index contributed by atoms with van der Waals surface area (Å²) in [5, 5.41) is 0. The van der Waals surface area contributed by atoms with Crippen molar-refractivity contribution in [1.29, 1.82) is 0 Å². The maximum absolute atomic E-state index is 12.2. The number of carbonyl (C=O) groups is 1. The fourth-order valence-corrected chi connectivity index (χ4v) is 2.74. The van der Waals surface area contributed by atoms with Gasteiger partial charge in [-0.1, -0.05) is 0 Å². The lowest BCUT2D eigenvalue weighted by Gasteiger charge is -2.27. The second-order valence-corrected chi connectivity index (χ2v) is 6.94. The van der Waals surface area contributed by atoms with Crippen LogP contribution in [-0.2, 0) is 11.3 Å². The monoisotopic (exact) mass is 320 g/mol. The average molecular weight is 320 g/mol. The van der Waals surface area contributed by atoms with E-state index in [1.54, 1.807) is 4.90 Å². The van der Waals surface area contributed by atoms with Crippen molar-refractivity contribution in [1.82, 2.24) is 9.88 Å². The van der Waals surface area contributed by atoms with Gasteiger partial charge in [-0.2, -0.15) is 0 Å². The van der Waals surface area contributed by atoms with Crippen LogP contribution in [0.3, 0.4) is 0 Å². The molecule has 1 aromatic heterocycles. The highest BCUT2D eigenvalue weighted by Crippen LogP contribution is 2.22. The molecule has 0 radical (unpaired) electrons. The Balaban J connectivity index is 2.07. The topological polar surface area (TPSA) is 71.7 Å². The maximum atomic E-state index is 12.2. The lowest BCUT2D eigenvalue weighted by atomic mass is 10.1. The molecule has 1 aromatic rings. The van der Waals surface area contributed by atoms with Gasteiger partial charge in [0.05, 0.1) is 0 Å². The van der Waals surface area contributed by atoms with Crippen LogP contribution in [0.4, 0.5) is 10.6 Å². The van der Waals surface area contributed by atoms with E-state index in [2.05, 4.69) is 16.8 Å². The molecule has 0 aliphatic carbocycles. The average Bonchev–Trinajstić information content (AvgIpc) is 2.71. The van der Waals surface area contributed by atoms with E-state index in [4.69, 9.17) is 10.5 Å². The van der Waals surface area contributed by atoms with Gasteiger partial charge < -0.3 is 20.3 Å². The third-order valence-corrected chi connectivity index (χ3v) is 3.92. The van der Waals surface area contributed by atoms with Gasteiger partial charge in [0.15, 0.2) is 0 Å². The molecule has 1 aliphatic rings. The molecule has 0 atom stereocenters. The van der Waals surface area contributed by atoms with Crippen LogP contribution in [0.2, 0.25) is 0 Å². The third kappa shape index (κ3) is 4.58. The largest absolute Gasteiger partial charge is 0.444 e. The fourth-order valence-electron chi connectivity index (χ4n) is 2.74. The molecule has 0 spiro atoms. The molecule has 1 saturated heterocycles. The van der Waals surface area contributed by atoms with Crippen LogP contribution in [0.15, 0.2) is 12.3 Å². The van der Waals surface area contributed by atoms with E-state index < -0.39 is 5.60 Å². The first-order valence-electron chi connectivity index (χ1n) is 8.19. The highest BCUT2D eigenvalue weighted by atomic mass is 16.6. The number of nitrogens with two attached hydrogens (primary N) is 1. The lowest BCUT2D eigenvalue weighted by molar-refractivity contribution is 0.0263. The predicted molar refractivity (Wildman–Crippen MR) is 91.5 cm³/mol. The van der Waals surface area contributed by atoms with Crippen molar-refractivity contribution < 1.29 is 9.53 Å². The summed E-state index contributed by atoms with van der Waals surface area (Å²) in [4.78, 5) is 20.8. The highest BCUT2D eigenvalue weighted by molar-refractivity contribution is 5.68. The summed E-state index contributed by atoms with van der Waals surface area (Å²) in [6, 6.07) is 1.98. The number of amides is 1. The molecule has 0 unspecified atom stereocenters. The van der Waals surface area contributed by atoms with E-state index in [1.165, 1.54) is 0 Å². The first kappa shape index (κ1) is 17.5. The minimum absolute atomic E-state index is 0.240. The summed E-state index contributed by atoms with van der Waals surface area (Å²) < 4.78 is 5.47. The Bertz CT molecular complexity index is 554. The molecular formula is C17H28N4O2. The van der Waals surface area contributed by atoms with Gasteiger partial charge in [0, 0.05) is 44.5 Å². The predicted octanol–water partition coefficient (Wildman–Crippen LogP) is 2.30. The standard InChI is InChI=1S/C17H28N4O2/c1-13-6-7-19-15(14(13)12-18)20-8-5-9-21(11-10-20)16(22)23-17(2,3)4/h6-7H,5,8-12,18H2,1-4H3. The Morgan fingerprint density at radius 1 is 1.30 bits per heavy atom. The van der Waals surface area contributed by atoms with Crippen LogP contribution in [0, 0.1) is 6.92 Å². The number of ether oxygens (including phenoxy) is 1. The second kappa shape index (κ2) is 7.17. The number of nitrogens with zero attached hydrogens (tertiary/aromatic N) is 3. The third-order valence-electron chi connectivity index (χ3n) is 3.92. The summed E-state index contributed by atoms with van der Waals surface area (Å²) in [6.45, 7) is 11.1. The van der Waals surface area contributed by atoms with E-state index in [-0.39, 0.29) is 6.09 Å². The van der Waals surface area contributed by atoms with Gasteiger partial charge in [0.2, 0.25) is 0 Å². The number of anilines is 1. The van der Waals surface area contributed by atoms with Crippen molar-refractivity contribution in [3.63, 3.8) is 0 Å². The van der Waals surface area contributed by atoms with Crippen LogP contribution < -0.4 is 10.6 Å². The molecule has 2 rings (SSSR count). The summed E-state index contributed by atoms with van der Waals surface area (Å²) in [6.07, 6.45) is 2.47. The molecule has 0 saturated carbocycles. The van der Waals surface area contributed by atoms with Crippen LogP contribution >= 0.6 is 0 Å². The van der Waals surface area contributed by atoms with Crippen molar-refractivity contribution >= 4 is 11.9 Å². The number of pyridine rings is 1. The first-order valence-corrected chi connectivity index (χ1v) is 8.19. The number of aromatic nitrogens is 1. The van der Waals surface area contributed by atoms with Gasteiger partial charge in [0.1, 0.15) is 11.4 Å². The minimum atomic E-state index is -0.464. The number of hydrogen-bond donors (Lipinski definition) is 1. The van der Waals surface area contributed by atoms with Gasteiger partial charge in [0.25, 0.3) is 0 Å². The molecule has 6 nitrogen and oxygen atoms in total. The van der Waals surface area contributed by atoms with Crippen LogP contribution in [0.5, 0.6) is 0 Å². The summed E-state index contributed by atoms with van der Waals surface area (Å²) in [5.41, 5.74) is 7.67. The zero-order valence-corrected chi connectivity index (χ0v) is 14.6. The molecule has 1 fully saturated rings. The molecule has 2 N–H and O–H groups in total. The van der Waals surface area contributed by atoms with Crippen molar-refractivity contribution in [3.8, 4) is 0 Å². The van der Waals surface area contributed by atoms with Gasteiger partial charge in [-0.15, -0.1) is 0 Å². The molecule has 1 amide bonds. The molecule has 0 aromatic carbocycles. The molecule has 1 aliphatic heterocycles. The SMILES string of the molecule is Cc1ccnc(N2CCCN(C(=O)OC(C)(C)C)CC2)c1CN. The lowest BCUT2D eigenvalue weighted by Crippen LogP contribution is -2.39. The van der Waals surface area contributed by atoms with Crippen LogP contribution in [-0.4, -0.2) is 47.8 Å². The molecule has 128 valence electrons. The van der Waals surface area contributed by atoms with Gasteiger partial charge in [-0.25, -0.2) is 9.78 Å².